The quantitative estimate of drug-likeness (QED) is 0.792. The second kappa shape index (κ2) is 5.13. The second-order valence-corrected chi connectivity index (χ2v) is 5.62. The Kier molecular flexibility index (Phi) is 3.06. The number of ether oxygens (including phenoxy) is 1. The van der Waals surface area contributed by atoms with Crippen LogP contribution in [0, 0.1) is 0 Å². The van der Waals surface area contributed by atoms with Crippen molar-refractivity contribution < 1.29 is 19.4 Å². The molecule has 0 bridgehead atoms. The molecule has 3 N–H and O–H groups in total. The maximum atomic E-state index is 12.8. The lowest BCUT2D eigenvalue weighted by atomic mass is 9.93. The zero-order valence-electron chi connectivity index (χ0n) is 12.8. The van der Waals surface area contributed by atoms with Crippen LogP contribution in [0.4, 0.5) is 4.79 Å². The van der Waals surface area contributed by atoms with Crippen molar-refractivity contribution in [1.82, 2.24) is 10.6 Å². The molecule has 2 aromatic carbocycles. The van der Waals surface area contributed by atoms with E-state index < -0.39 is 12.1 Å². The van der Waals surface area contributed by atoms with E-state index in [0.717, 1.165) is 0 Å². The van der Waals surface area contributed by atoms with Crippen LogP contribution < -0.4 is 15.4 Å². The zero-order chi connectivity index (χ0) is 16.8. The van der Waals surface area contributed by atoms with E-state index in [1.807, 2.05) is 6.07 Å². The molecule has 0 saturated carbocycles. The molecule has 1 aliphatic carbocycles. The van der Waals surface area contributed by atoms with E-state index in [1.54, 1.807) is 30.3 Å². The molecule has 0 saturated heterocycles. The van der Waals surface area contributed by atoms with Gasteiger partial charge in [0.05, 0.1) is 24.4 Å². The number of hydrogen-bond acceptors (Lipinski definition) is 4. The Balaban J connectivity index is 1.87. The van der Waals surface area contributed by atoms with Gasteiger partial charge in [-0.2, -0.15) is 0 Å². The van der Waals surface area contributed by atoms with Crippen molar-refractivity contribution in [3.8, 4) is 11.5 Å². The van der Waals surface area contributed by atoms with Crippen LogP contribution in [0.25, 0.3) is 5.70 Å². The van der Waals surface area contributed by atoms with Crippen molar-refractivity contribution in [2.75, 3.05) is 7.11 Å². The highest BCUT2D eigenvalue weighted by Crippen LogP contribution is 2.42. The number of Topliss-reactive ketones (excluding diaryl/α,β-unsaturated/α-hetero) is 1. The molecule has 1 unspecified atom stereocenters. The van der Waals surface area contributed by atoms with Crippen molar-refractivity contribution >= 4 is 17.5 Å². The molecule has 24 heavy (non-hydrogen) atoms. The normalized spacial score (nSPS) is 18.6. The summed E-state index contributed by atoms with van der Waals surface area (Å²) in [5.74, 6) is 0.289. The monoisotopic (exact) mass is 322 g/mol. The highest BCUT2D eigenvalue weighted by molar-refractivity contribution is 6.23. The molecule has 0 fully saturated rings. The van der Waals surface area contributed by atoms with Gasteiger partial charge in [0.2, 0.25) is 0 Å². The van der Waals surface area contributed by atoms with Gasteiger partial charge in [-0.1, -0.05) is 24.3 Å². The van der Waals surface area contributed by atoms with Gasteiger partial charge in [0.25, 0.3) is 0 Å². The Morgan fingerprint density at radius 2 is 1.83 bits per heavy atom. The lowest BCUT2D eigenvalue weighted by molar-refractivity contribution is 0.103. The van der Waals surface area contributed by atoms with Crippen LogP contribution in [-0.4, -0.2) is 24.0 Å². The number of urea groups is 1. The largest absolute Gasteiger partial charge is 0.507 e. The summed E-state index contributed by atoms with van der Waals surface area (Å²) in [5.41, 5.74) is 2.62. The number of rotatable bonds is 2. The van der Waals surface area contributed by atoms with E-state index in [2.05, 4.69) is 10.6 Å². The summed E-state index contributed by atoms with van der Waals surface area (Å²) in [5, 5.41) is 15.7. The number of nitrogens with one attached hydrogen (secondary N) is 2. The maximum Gasteiger partial charge on any atom is 0.320 e. The number of hydrogen-bond donors (Lipinski definition) is 3. The van der Waals surface area contributed by atoms with E-state index in [9.17, 15) is 14.7 Å². The van der Waals surface area contributed by atoms with Crippen molar-refractivity contribution in [2.24, 2.45) is 0 Å². The Bertz CT molecular complexity index is 917. The molecule has 0 aromatic heterocycles. The topological polar surface area (TPSA) is 87.7 Å². The zero-order valence-corrected chi connectivity index (χ0v) is 12.8. The molecule has 2 aromatic rings. The molecule has 1 atom stereocenters. The molecule has 0 radical (unpaired) electrons. The van der Waals surface area contributed by atoms with Crippen molar-refractivity contribution in [1.29, 1.82) is 0 Å². The summed E-state index contributed by atoms with van der Waals surface area (Å²) in [6.07, 6.45) is 0. The number of phenols is 1. The first-order valence-electron chi connectivity index (χ1n) is 7.43. The lowest BCUT2D eigenvalue weighted by Crippen LogP contribution is -2.43. The van der Waals surface area contributed by atoms with Gasteiger partial charge in [-0.05, 0) is 12.1 Å². The number of ketones is 1. The van der Waals surface area contributed by atoms with Gasteiger partial charge < -0.3 is 20.5 Å². The van der Waals surface area contributed by atoms with E-state index in [-0.39, 0.29) is 11.5 Å². The minimum atomic E-state index is -0.723. The van der Waals surface area contributed by atoms with Gasteiger partial charge in [-0.25, -0.2) is 4.79 Å². The summed E-state index contributed by atoms with van der Waals surface area (Å²) < 4.78 is 5.08. The predicted molar refractivity (Wildman–Crippen MR) is 86.8 cm³/mol. The molecule has 6 heteroatoms. The number of aromatic hydroxyl groups is 1. The van der Waals surface area contributed by atoms with Crippen LogP contribution in [0.2, 0.25) is 0 Å². The van der Waals surface area contributed by atoms with E-state index in [1.165, 1.54) is 13.2 Å². The van der Waals surface area contributed by atoms with Crippen LogP contribution in [0.3, 0.4) is 0 Å². The first-order chi connectivity index (χ1) is 11.6. The summed E-state index contributed by atoms with van der Waals surface area (Å²) in [7, 11) is 1.50. The number of amides is 2. The lowest BCUT2D eigenvalue weighted by Gasteiger charge is -2.27. The molecule has 2 aliphatic rings. The number of carbonyl (C=O) groups is 2. The fourth-order valence-electron chi connectivity index (χ4n) is 3.19. The molecule has 4 rings (SSSR count). The Morgan fingerprint density at radius 1 is 1.08 bits per heavy atom. The van der Waals surface area contributed by atoms with Gasteiger partial charge in [0.1, 0.15) is 11.5 Å². The van der Waals surface area contributed by atoms with E-state index in [4.69, 9.17) is 4.74 Å². The molecular formula is C18H14N2O4. The van der Waals surface area contributed by atoms with Gasteiger partial charge >= 0.3 is 6.03 Å². The summed E-state index contributed by atoms with van der Waals surface area (Å²) in [6, 6.07) is 10.8. The Hall–Kier alpha value is -3.28. The third kappa shape index (κ3) is 1.96. The maximum absolute atomic E-state index is 12.8. The fourth-order valence-corrected chi connectivity index (χ4v) is 3.19. The SMILES string of the molecule is COc1ccc(C2NC(=O)NC3=C2C(=O)c2ccccc23)c(O)c1. The molecule has 2 amide bonds. The summed E-state index contributed by atoms with van der Waals surface area (Å²) >= 11 is 0. The standard InChI is InChI=1S/C18H14N2O4/c1-24-9-6-7-12(13(21)8-9)16-14-15(19-18(23)20-16)10-4-2-3-5-11(10)17(14)22/h2-8,16,21H,1H3,(H2,19,20,23). The number of phenolic OH excluding ortho intramolecular Hbond substituents is 1. The molecule has 6 nitrogen and oxygen atoms in total. The average molecular weight is 322 g/mol. The van der Waals surface area contributed by atoms with Crippen molar-refractivity contribution in [2.45, 2.75) is 6.04 Å². The highest BCUT2D eigenvalue weighted by Gasteiger charge is 2.40. The predicted octanol–water partition coefficient (Wildman–Crippen LogP) is 2.36. The number of benzene rings is 2. The van der Waals surface area contributed by atoms with Gasteiger partial charge in [-0.3, -0.25) is 4.79 Å². The van der Waals surface area contributed by atoms with E-state index in [0.29, 0.717) is 33.7 Å². The van der Waals surface area contributed by atoms with Crippen LogP contribution in [0.15, 0.2) is 48.0 Å². The number of carbonyl (C=O) groups excluding carboxylic acids is 2. The number of fused-ring (bicyclic) bond motifs is 2. The molecule has 120 valence electrons. The van der Waals surface area contributed by atoms with Crippen molar-refractivity contribution in [3.63, 3.8) is 0 Å². The molecule has 1 heterocycles. The average Bonchev–Trinajstić information content (AvgIpc) is 2.87. The van der Waals surface area contributed by atoms with Gasteiger partial charge in [0.15, 0.2) is 5.78 Å². The second-order valence-electron chi connectivity index (χ2n) is 5.62. The first kappa shape index (κ1) is 14.3. The van der Waals surface area contributed by atoms with Crippen LogP contribution >= 0.6 is 0 Å². The third-order valence-electron chi connectivity index (χ3n) is 4.31. The van der Waals surface area contributed by atoms with Crippen molar-refractivity contribution in [3.05, 3.63) is 64.7 Å². The minimum absolute atomic E-state index is 0.0443. The van der Waals surface area contributed by atoms with Gasteiger partial charge in [0, 0.05) is 22.8 Å². The first-order valence-corrected chi connectivity index (χ1v) is 7.43. The van der Waals surface area contributed by atoms with Crippen LogP contribution in [-0.2, 0) is 0 Å². The van der Waals surface area contributed by atoms with Crippen LogP contribution in [0.1, 0.15) is 27.5 Å². The third-order valence-corrected chi connectivity index (χ3v) is 4.31. The Morgan fingerprint density at radius 3 is 2.54 bits per heavy atom. The highest BCUT2D eigenvalue weighted by atomic mass is 16.5. The van der Waals surface area contributed by atoms with Crippen LogP contribution in [0.5, 0.6) is 11.5 Å². The Labute approximate surface area is 137 Å². The van der Waals surface area contributed by atoms with E-state index >= 15 is 0 Å². The molecular weight excluding hydrogens is 308 g/mol. The molecule has 1 aliphatic heterocycles. The number of methoxy groups -OCH3 is 1. The fraction of sp³-hybridized carbons (Fsp3) is 0.111. The smallest absolute Gasteiger partial charge is 0.320 e. The molecule has 0 spiro atoms. The minimum Gasteiger partial charge on any atom is -0.507 e. The summed E-state index contributed by atoms with van der Waals surface area (Å²) in [6.45, 7) is 0. The van der Waals surface area contributed by atoms with Gasteiger partial charge in [-0.15, -0.1) is 0 Å². The summed E-state index contributed by atoms with van der Waals surface area (Å²) in [4.78, 5) is 24.9.